The number of nitrogens with zero attached hydrogens (tertiary/aromatic N) is 2. The van der Waals surface area contributed by atoms with Gasteiger partial charge in [0.2, 0.25) is 0 Å². The third-order valence-electron chi connectivity index (χ3n) is 3.65. The van der Waals surface area contributed by atoms with Gasteiger partial charge in [0, 0.05) is 26.2 Å². The molecule has 1 fully saturated rings. The minimum atomic E-state index is -3.54. The van der Waals surface area contributed by atoms with Crippen LogP contribution >= 0.6 is 0 Å². The van der Waals surface area contributed by atoms with Crippen molar-refractivity contribution < 1.29 is 18.3 Å². The third-order valence-corrected chi connectivity index (χ3v) is 5.72. The zero-order valence-corrected chi connectivity index (χ0v) is 12.0. The van der Waals surface area contributed by atoms with Crippen LogP contribution in [-0.2, 0) is 15.0 Å². The molecule has 7 heteroatoms. The second-order valence-electron chi connectivity index (χ2n) is 4.94. The Bertz CT molecular complexity index is 396. The van der Waals surface area contributed by atoms with E-state index >= 15 is 0 Å². The molecule has 0 spiro atoms. The van der Waals surface area contributed by atoms with Crippen LogP contribution in [0.3, 0.4) is 0 Å². The molecule has 1 heterocycles. The van der Waals surface area contributed by atoms with E-state index in [1.807, 2.05) is 13.8 Å². The molecule has 1 rings (SSSR count). The standard InChI is InChI=1S/C11H22N2O4S/c1-9-5-4-7-13(10(9)2)18(16,17)12(3)8-6-11(14)15/h9-10H,4-8H2,1-3H3,(H,14,15). The van der Waals surface area contributed by atoms with Crippen LogP contribution in [0.15, 0.2) is 0 Å². The first kappa shape index (κ1) is 15.4. The molecule has 0 bridgehead atoms. The SMILES string of the molecule is CC1CCCN(S(=O)(=O)N(C)CCC(=O)O)C1C. The van der Waals surface area contributed by atoms with Crippen molar-refractivity contribution in [3.8, 4) is 0 Å². The molecule has 0 radical (unpaired) electrons. The van der Waals surface area contributed by atoms with Crippen molar-refractivity contribution in [1.29, 1.82) is 0 Å². The molecule has 1 N–H and O–H groups in total. The topological polar surface area (TPSA) is 77.9 Å². The van der Waals surface area contributed by atoms with Gasteiger partial charge in [0.05, 0.1) is 6.42 Å². The normalized spacial score (nSPS) is 26.4. The molecule has 1 aliphatic heterocycles. The molecule has 0 aliphatic carbocycles. The maximum absolute atomic E-state index is 12.3. The number of hydrogen-bond donors (Lipinski definition) is 1. The minimum Gasteiger partial charge on any atom is -0.481 e. The van der Waals surface area contributed by atoms with Gasteiger partial charge in [0.15, 0.2) is 0 Å². The van der Waals surface area contributed by atoms with Crippen molar-refractivity contribution in [2.75, 3.05) is 20.1 Å². The lowest BCUT2D eigenvalue weighted by atomic mass is 9.94. The van der Waals surface area contributed by atoms with Gasteiger partial charge in [0.25, 0.3) is 10.2 Å². The molecular formula is C11H22N2O4S. The van der Waals surface area contributed by atoms with E-state index in [-0.39, 0.29) is 19.0 Å². The summed E-state index contributed by atoms with van der Waals surface area (Å²) in [5.41, 5.74) is 0. The molecule has 6 nitrogen and oxygen atoms in total. The predicted octanol–water partition coefficient (Wildman–Crippen LogP) is 0.758. The molecule has 1 saturated heterocycles. The average molecular weight is 278 g/mol. The molecule has 0 saturated carbocycles. The van der Waals surface area contributed by atoms with Crippen LogP contribution in [0.2, 0.25) is 0 Å². The van der Waals surface area contributed by atoms with Crippen LogP contribution in [0, 0.1) is 5.92 Å². The van der Waals surface area contributed by atoms with Gasteiger partial charge < -0.3 is 5.11 Å². The first-order chi connectivity index (χ1) is 8.26. The summed E-state index contributed by atoms with van der Waals surface area (Å²) in [4.78, 5) is 10.5. The Morgan fingerprint density at radius 3 is 2.61 bits per heavy atom. The number of piperidine rings is 1. The minimum absolute atomic E-state index is 0.00919. The summed E-state index contributed by atoms with van der Waals surface area (Å²) in [7, 11) is -2.10. The van der Waals surface area contributed by atoms with E-state index in [2.05, 4.69) is 0 Å². The largest absolute Gasteiger partial charge is 0.481 e. The van der Waals surface area contributed by atoms with Crippen LogP contribution in [0.25, 0.3) is 0 Å². The van der Waals surface area contributed by atoms with Gasteiger partial charge >= 0.3 is 5.97 Å². The molecule has 2 unspecified atom stereocenters. The van der Waals surface area contributed by atoms with Crippen molar-refractivity contribution in [1.82, 2.24) is 8.61 Å². The lowest BCUT2D eigenvalue weighted by Crippen LogP contribution is -2.51. The lowest BCUT2D eigenvalue weighted by molar-refractivity contribution is -0.137. The Hall–Kier alpha value is -0.660. The maximum atomic E-state index is 12.3. The molecule has 2 atom stereocenters. The van der Waals surface area contributed by atoms with Crippen molar-refractivity contribution in [2.45, 2.75) is 39.2 Å². The van der Waals surface area contributed by atoms with Gasteiger partial charge in [-0.1, -0.05) is 6.92 Å². The van der Waals surface area contributed by atoms with E-state index in [0.717, 1.165) is 17.1 Å². The Balaban J connectivity index is 2.75. The number of carboxylic acids is 1. The van der Waals surface area contributed by atoms with Crippen LogP contribution in [0.4, 0.5) is 0 Å². The van der Waals surface area contributed by atoms with Crippen molar-refractivity contribution >= 4 is 16.2 Å². The first-order valence-electron chi connectivity index (χ1n) is 6.21. The highest BCUT2D eigenvalue weighted by molar-refractivity contribution is 7.86. The third kappa shape index (κ3) is 3.43. The van der Waals surface area contributed by atoms with Crippen LogP contribution < -0.4 is 0 Å². The summed E-state index contributed by atoms with van der Waals surface area (Å²) in [6, 6.07) is -0.0315. The molecule has 18 heavy (non-hydrogen) atoms. The highest BCUT2D eigenvalue weighted by Crippen LogP contribution is 2.26. The van der Waals surface area contributed by atoms with E-state index in [9.17, 15) is 13.2 Å². The van der Waals surface area contributed by atoms with E-state index < -0.39 is 16.2 Å². The second-order valence-corrected chi connectivity index (χ2v) is 6.93. The van der Waals surface area contributed by atoms with Crippen LogP contribution in [0.5, 0.6) is 0 Å². The molecule has 0 amide bonds. The van der Waals surface area contributed by atoms with Gasteiger partial charge in [-0.05, 0) is 25.7 Å². The average Bonchev–Trinajstić information content (AvgIpc) is 2.29. The molecule has 0 aromatic heterocycles. The van der Waals surface area contributed by atoms with Crippen molar-refractivity contribution in [3.63, 3.8) is 0 Å². The van der Waals surface area contributed by atoms with Gasteiger partial charge in [-0.2, -0.15) is 17.0 Å². The van der Waals surface area contributed by atoms with Gasteiger partial charge in [0.1, 0.15) is 0 Å². The fraction of sp³-hybridized carbons (Fsp3) is 0.909. The second kappa shape index (κ2) is 5.99. The monoisotopic (exact) mass is 278 g/mol. The number of aliphatic carboxylic acids is 1. The van der Waals surface area contributed by atoms with Gasteiger partial charge in [-0.3, -0.25) is 4.79 Å². The first-order valence-corrected chi connectivity index (χ1v) is 7.61. The summed E-state index contributed by atoms with van der Waals surface area (Å²) >= 11 is 0. The molecular weight excluding hydrogens is 256 g/mol. The zero-order valence-electron chi connectivity index (χ0n) is 11.2. The van der Waals surface area contributed by atoms with E-state index in [4.69, 9.17) is 5.11 Å². The quantitative estimate of drug-likeness (QED) is 0.805. The summed E-state index contributed by atoms with van der Waals surface area (Å²) in [6.45, 7) is 4.48. The zero-order chi connectivity index (χ0) is 13.9. The number of carbonyl (C=O) groups is 1. The summed E-state index contributed by atoms with van der Waals surface area (Å²) < 4.78 is 27.2. The van der Waals surface area contributed by atoms with Crippen molar-refractivity contribution in [3.05, 3.63) is 0 Å². The smallest absolute Gasteiger partial charge is 0.304 e. The Morgan fingerprint density at radius 2 is 2.06 bits per heavy atom. The van der Waals surface area contributed by atoms with E-state index in [0.29, 0.717) is 12.5 Å². The van der Waals surface area contributed by atoms with E-state index in [1.54, 1.807) is 0 Å². The maximum Gasteiger partial charge on any atom is 0.304 e. The van der Waals surface area contributed by atoms with Crippen LogP contribution in [-0.4, -0.2) is 54.3 Å². The van der Waals surface area contributed by atoms with Gasteiger partial charge in [-0.15, -0.1) is 0 Å². The highest BCUT2D eigenvalue weighted by Gasteiger charge is 2.35. The van der Waals surface area contributed by atoms with Gasteiger partial charge in [-0.25, -0.2) is 0 Å². The van der Waals surface area contributed by atoms with E-state index in [1.165, 1.54) is 11.4 Å². The molecule has 106 valence electrons. The fourth-order valence-electron chi connectivity index (χ4n) is 2.17. The summed E-state index contributed by atoms with van der Waals surface area (Å²) in [5.74, 6) is -0.654. The van der Waals surface area contributed by atoms with Crippen LogP contribution in [0.1, 0.15) is 33.1 Å². The number of rotatable bonds is 5. The molecule has 1 aliphatic rings. The number of hydrogen-bond acceptors (Lipinski definition) is 3. The Morgan fingerprint density at radius 1 is 1.44 bits per heavy atom. The summed E-state index contributed by atoms with van der Waals surface area (Å²) in [5, 5.41) is 8.60. The number of carboxylic acid groups (broad SMARTS) is 1. The Labute approximate surface area is 109 Å². The highest BCUT2D eigenvalue weighted by atomic mass is 32.2. The molecule has 0 aromatic rings. The molecule has 0 aromatic carbocycles. The fourth-order valence-corrected chi connectivity index (χ4v) is 3.84. The summed E-state index contributed by atoms with van der Waals surface area (Å²) in [6.07, 6.45) is 1.72. The Kier molecular flexibility index (Phi) is 5.12. The lowest BCUT2D eigenvalue weighted by Gasteiger charge is -2.38. The van der Waals surface area contributed by atoms with Crippen molar-refractivity contribution in [2.24, 2.45) is 5.92 Å². The predicted molar refractivity (Wildman–Crippen MR) is 68.4 cm³/mol.